The highest BCUT2D eigenvalue weighted by molar-refractivity contribution is 6.30. The molecule has 0 saturated carbocycles. The summed E-state index contributed by atoms with van der Waals surface area (Å²) in [6.45, 7) is 2.29. The molecule has 0 heterocycles. The van der Waals surface area contributed by atoms with Gasteiger partial charge in [-0.05, 0) is 54.8 Å². The Kier molecular flexibility index (Phi) is 15.5. The second-order valence-electron chi connectivity index (χ2n) is 9.59. The number of carbonyl (C=O) groups excluding carboxylic acids is 1. The molecular formula is C31H45ClO2. The highest BCUT2D eigenvalue weighted by Gasteiger charge is 2.08. The topological polar surface area (TPSA) is 26.3 Å². The van der Waals surface area contributed by atoms with Crippen molar-refractivity contribution in [1.82, 2.24) is 0 Å². The second kappa shape index (κ2) is 18.5. The van der Waals surface area contributed by atoms with E-state index in [-0.39, 0.29) is 5.97 Å². The predicted octanol–water partition coefficient (Wildman–Crippen LogP) is 10.4. The fourth-order valence-corrected chi connectivity index (χ4v) is 4.48. The molecule has 2 nitrogen and oxygen atoms in total. The largest absolute Gasteiger partial charge is 0.423 e. The van der Waals surface area contributed by atoms with Gasteiger partial charge >= 0.3 is 5.97 Å². The first kappa shape index (κ1) is 28.4. The van der Waals surface area contributed by atoms with Crippen LogP contribution in [0.4, 0.5) is 0 Å². The first-order valence-electron chi connectivity index (χ1n) is 13.8. The van der Waals surface area contributed by atoms with Crippen LogP contribution in [0.1, 0.15) is 126 Å². The smallest absolute Gasteiger partial charge is 0.343 e. The van der Waals surface area contributed by atoms with Gasteiger partial charge in [-0.2, -0.15) is 0 Å². The van der Waals surface area contributed by atoms with Gasteiger partial charge in [0.2, 0.25) is 0 Å². The van der Waals surface area contributed by atoms with Gasteiger partial charge in [0, 0.05) is 5.02 Å². The van der Waals surface area contributed by atoms with E-state index >= 15 is 0 Å². The first-order chi connectivity index (χ1) is 16.7. The van der Waals surface area contributed by atoms with Gasteiger partial charge in [0.1, 0.15) is 5.75 Å². The molecule has 0 aliphatic heterocycles. The number of carbonyl (C=O) groups is 1. The summed E-state index contributed by atoms with van der Waals surface area (Å²) in [5.74, 6) is 0.220. The van der Waals surface area contributed by atoms with Crippen LogP contribution in [0.2, 0.25) is 5.02 Å². The number of hydrogen-bond donors (Lipinski definition) is 0. The first-order valence-corrected chi connectivity index (χ1v) is 14.1. The number of esters is 1. The van der Waals surface area contributed by atoms with E-state index in [9.17, 15) is 4.79 Å². The molecule has 3 heteroatoms. The van der Waals surface area contributed by atoms with Crippen LogP contribution in [0.25, 0.3) is 0 Å². The average molecular weight is 485 g/mol. The van der Waals surface area contributed by atoms with Gasteiger partial charge < -0.3 is 4.74 Å². The molecule has 0 radical (unpaired) electrons. The molecule has 0 spiro atoms. The molecule has 0 bridgehead atoms. The van der Waals surface area contributed by atoms with E-state index < -0.39 is 0 Å². The Bertz CT molecular complexity index is 767. The van der Waals surface area contributed by atoms with Gasteiger partial charge in [-0.25, -0.2) is 4.79 Å². The predicted molar refractivity (Wildman–Crippen MR) is 146 cm³/mol. The molecule has 0 aliphatic rings. The van der Waals surface area contributed by atoms with E-state index in [2.05, 4.69) is 19.1 Å². The summed E-state index contributed by atoms with van der Waals surface area (Å²) in [6.07, 6.45) is 23.4. The van der Waals surface area contributed by atoms with Crippen LogP contribution in [0, 0.1) is 0 Å². The zero-order valence-electron chi connectivity index (χ0n) is 21.3. The molecule has 34 heavy (non-hydrogen) atoms. The number of benzene rings is 2. The Morgan fingerprint density at radius 2 is 1.06 bits per heavy atom. The van der Waals surface area contributed by atoms with Crippen LogP contribution in [-0.2, 0) is 6.42 Å². The number of unbranched alkanes of at least 4 members (excludes halogenated alkanes) is 15. The standard InChI is InChI=1S/C31H45ClO2/c1-2-3-4-5-6-7-8-9-10-11-12-13-14-15-16-17-18-27-19-25-30(26-20-27)34-31(33)28-21-23-29(32)24-22-28/h19-26H,2-18H2,1H3. The quantitative estimate of drug-likeness (QED) is 0.112. The zero-order chi connectivity index (χ0) is 24.3. The zero-order valence-corrected chi connectivity index (χ0v) is 22.1. The van der Waals surface area contributed by atoms with Crippen LogP contribution in [0.15, 0.2) is 48.5 Å². The Morgan fingerprint density at radius 3 is 1.53 bits per heavy atom. The molecule has 188 valence electrons. The van der Waals surface area contributed by atoms with E-state index in [1.807, 2.05) is 12.1 Å². The van der Waals surface area contributed by atoms with Crippen LogP contribution in [0.3, 0.4) is 0 Å². The van der Waals surface area contributed by atoms with Crippen LogP contribution < -0.4 is 4.74 Å². The monoisotopic (exact) mass is 484 g/mol. The number of aryl methyl sites for hydroxylation is 1. The minimum atomic E-state index is -0.359. The van der Waals surface area contributed by atoms with Gasteiger partial charge in [-0.15, -0.1) is 0 Å². The maximum Gasteiger partial charge on any atom is 0.343 e. The summed E-state index contributed by atoms with van der Waals surface area (Å²) in [6, 6.07) is 14.6. The summed E-state index contributed by atoms with van der Waals surface area (Å²) in [5.41, 5.74) is 1.80. The third kappa shape index (κ3) is 13.2. The SMILES string of the molecule is CCCCCCCCCCCCCCCCCCc1ccc(OC(=O)c2ccc(Cl)cc2)cc1. The van der Waals surface area contributed by atoms with E-state index in [0.29, 0.717) is 16.3 Å². The lowest BCUT2D eigenvalue weighted by Crippen LogP contribution is -2.08. The Morgan fingerprint density at radius 1 is 0.618 bits per heavy atom. The lowest BCUT2D eigenvalue weighted by molar-refractivity contribution is 0.0734. The summed E-state index contributed by atoms with van der Waals surface area (Å²) in [4.78, 5) is 12.2. The second-order valence-corrected chi connectivity index (χ2v) is 10.0. The van der Waals surface area contributed by atoms with Crippen molar-refractivity contribution in [2.45, 2.75) is 116 Å². The molecule has 0 fully saturated rings. The molecule has 2 rings (SSSR count). The maximum absolute atomic E-state index is 12.2. The molecule has 0 aliphatic carbocycles. The minimum absolute atomic E-state index is 0.359. The van der Waals surface area contributed by atoms with Gasteiger partial charge in [0.15, 0.2) is 0 Å². The number of hydrogen-bond acceptors (Lipinski definition) is 2. The molecule has 0 amide bonds. The molecule has 0 aromatic heterocycles. The Balaban J connectivity index is 1.42. The third-order valence-corrected chi connectivity index (χ3v) is 6.78. The minimum Gasteiger partial charge on any atom is -0.423 e. The van der Waals surface area contributed by atoms with Crippen molar-refractivity contribution in [2.24, 2.45) is 0 Å². The van der Waals surface area contributed by atoms with E-state index in [1.54, 1.807) is 24.3 Å². The van der Waals surface area contributed by atoms with Crippen molar-refractivity contribution in [3.63, 3.8) is 0 Å². The molecule has 0 saturated heterocycles. The maximum atomic E-state index is 12.2. The molecule has 2 aromatic rings. The van der Waals surface area contributed by atoms with Gasteiger partial charge in [0.05, 0.1) is 5.56 Å². The Labute approximate surface area is 213 Å². The number of rotatable bonds is 19. The summed E-state index contributed by atoms with van der Waals surface area (Å²) in [7, 11) is 0. The van der Waals surface area contributed by atoms with E-state index in [4.69, 9.17) is 16.3 Å². The third-order valence-electron chi connectivity index (χ3n) is 6.53. The van der Waals surface area contributed by atoms with Crippen molar-refractivity contribution in [3.8, 4) is 5.75 Å². The lowest BCUT2D eigenvalue weighted by atomic mass is 10.0. The molecule has 0 N–H and O–H groups in total. The lowest BCUT2D eigenvalue weighted by Gasteiger charge is -2.06. The van der Waals surface area contributed by atoms with Crippen LogP contribution in [0.5, 0.6) is 5.75 Å². The van der Waals surface area contributed by atoms with Crippen molar-refractivity contribution >= 4 is 17.6 Å². The average Bonchev–Trinajstić information content (AvgIpc) is 2.85. The molecular weight excluding hydrogens is 440 g/mol. The fraction of sp³-hybridized carbons (Fsp3) is 0.581. The normalized spacial score (nSPS) is 11.0. The highest BCUT2D eigenvalue weighted by atomic mass is 35.5. The van der Waals surface area contributed by atoms with Crippen molar-refractivity contribution in [3.05, 3.63) is 64.7 Å². The van der Waals surface area contributed by atoms with Crippen molar-refractivity contribution in [2.75, 3.05) is 0 Å². The summed E-state index contributed by atoms with van der Waals surface area (Å²) < 4.78 is 5.45. The molecule has 2 aromatic carbocycles. The summed E-state index contributed by atoms with van der Waals surface area (Å²) in [5, 5.41) is 0.606. The van der Waals surface area contributed by atoms with Crippen molar-refractivity contribution < 1.29 is 9.53 Å². The van der Waals surface area contributed by atoms with Crippen LogP contribution in [-0.4, -0.2) is 5.97 Å². The van der Waals surface area contributed by atoms with E-state index in [0.717, 1.165) is 6.42 Å². The van der Waals surface area contributed by atoms with Crippen LogP contribution >= 0.6 is 11.6 Å². The number of halogens is 1. The van der Waals surface area contributed by atoms with Gasteiger partial charge in [-0.1, -0.05) is 127 Å². The van der Waals surface area contributed by atoms with Crippen molar-refractivity contribution in [1.29, 1.82) is 0 Å². The highest BCUT2D eigenvalue weighted by Crippen LogP contribution is 2.18. The van der Waals surface area contributed by atoms with E-state index in [1.165, 1.54) is 108 Å². The van der Waals surface area contributed by atoms with Gasteiger partial charge in [-0.3, -0.25) is 0 Å². The number of ether oxygens (including phenoxy) is 1. The van der Waals surface area contributed by atoms with Gasteiger partial charge in [0.25, 0.3) is 0 Å². The fourth-order valence-electron chi connectivity index (χ4n) is 4.35. The molecule has 0 unspecified atom stereocenters. The molecule has 0 atom stereocenters. The summed E-state index contributed by atoms with van der Waals surface area (Å²) >= 11 is 5.86. The Hall–Kier alpha value is -1.80.